The molecule has 0 bridgehead atoms. The lowest BCUT2D eigenvalue weighted by Crippen LogP contribution is -2.41. The lowest BCUT2D eigenvalue weighted by molar-refractivity contribution is -0.118. The number of aldehydes is 1. The number of aromatic hydroxyl groups is 1. The van der Waals surface area contributed by atoms with Crippen molar-refractivity contribution in [3.8, 4) is 5.75 Å². The normalized spacial score (nSPS) is 17.7. The molecule has 2 fully saturated rings. The zero-order chi connectivity index (χ0) is 30.2. The van der Waals surface area contributed by atoms with Gasteiger partial charge in [-0.25, -0.2) is 0 Å². The van der Waals surface area contributed by atoms with Gasteiger partial charge in [-0.2, -0.15) is 0 Å². The van der Waals surface area contributed by atoms with Crippen molar-refractivity contribution in [1.82, 2.24) is 9.80 Å². The van der Waals surface area contributed by atoms with E-state index in [4.69, 9.17) is 14.2 Å². The van der Waals surface area contributed by atoms with Gasteiger partial charge < -0.3 is 29.0 Å². The Morgan fingerprint density at radius 2 is 1.71 bits per heavy atom. The Hall–Kier alpha value is -2.29. The van der Waals surface area contributed by atoms with E-state index >= 15 is 0 Å². The molecule has 7 nitrogen and oxygen atoms in total. The van der Waals surface area contributed by atoms with E-state index in [2.05, 4.69) is 54.2 Å². The molecule has 234 valence electrons. The van der Waals surface area contributed by atoms with Crippen molar-refractivity contribution in [2.24, 2.45) is 0 Å². The summed E-state index contributed by atoms with van der Waals surface area (Å²) >= 11 is 0. The van der Waals surface area contributed by atoms with Crippen LogP contribution in [0.1, 0.15) is 74.5 Å². The quantitative estimate of drug-likeness (QED) is 0.171. The van der Waals surface area contributed by atoms with Crippen LogP contribution >= 0.6 is 0 Å². The Bertz CT molecular complexity index is 1020. The Balaban J connectivity index is 0.000000291. The number of carbonyl (C=O) groups excluding carboxylic acids is 1. The van der Waals surface area contributed by atoms with Crippen molar-refractivity contribution in [3.63, 3.8) is 0 Å². The van der Waals surface area contributed by atoms with Gasteiger partial charge in [-0.15, -0.1) is 0 Å². The number of phenolic OH excluding ortho intramolecular Hbond substituents is 1. The minimum atomic E-state index is -0.145. The largest absolute Gasteiger partial charge is 0.508 e. The molecule has 0 radical (unpaired) electrons. The van der Waals surface area contributed by atoms with E-state index in [1.54, 1.807) is 14.2 Å². The maximum Gasteiger partial charge on any atom is 0.169 e. The molecular formula is C35H54N2O5. The Kier molecular flexibility index (Phi) is 15.0. The monoisotopic (exact) mass is 582 g/mol. The maximum absolute atomic E-state index is 10.8. The second kappa shape index (κ2) is 18.4. The molecule has 0 spiro atoms. The SMILES string of the molecule is CN1CCC(c2ccccc2)(c2cc(CCCOCCC=O)ccc2O)CC1.COC(CN(C)C1CCCCC1)OC. The molecule has 0 amide bonds. The van der Waals surface area contributed by atoms with Crippen LogP contribution in [0.5, 0.6) is 5.75 Å². The summed E-state index contributed by atoms with van der Waals surface area (Å²) in [5, 5.41) is 10.8. The zero-order valence-electron chi connectivity index (χ0n) is 26.4. The molecule has 7 heteroatoms. The maximum atomic E-state index is 10.8. The van der Waals surface area contributed by atoms with Gasteiger partial charge in [0.1, 0.15) is 12.0 Å². The smallest absolute Gasteiger partial charge is 0.169 e. The highest BCUT2D eigenvalue weighted by Crippen LogP contribution is 2.45. The summed E-state index contributed by atoms with van der Waals surface area (Å²) in [6, 6.07) is 17.4. The minimum Gasteiger partial charge on any atom is -0.508 e. The first-order valence-electron chi connectivity index (χ1n) is 15.8. The lowest BCUT2D eigenvalue weighted by Gasteiger charge is -2.42. The number of nitrogens with zero attached hydrogens (tertiary/aromatic N) is 2. The summed E-state index contributed by atoms with van der Waals surface area (Å²) in [7, 11) is 7.72. The molecule has 1 N–H and O–H groups in total. The zero-order valence-corrected chi connectivity index (χ0v) is 26.4. The second-order valence-electron chi connectivity index (χ2n) is 11.9. The van der Waals surface area contributed by atoms with Crippen LogP contribution in [0, 0.1) is 0 Å². The molecule has 1 aliphatic carbocycles. The van der Waals surface area contributed by atoms with Crippen LogP contribution in [0.4, 0.5) is 0 Å². The van der Waals surface area contributed by atoms with Gasteiger partial charge in [-0.3, -0.25) is 4.90 Å². The van der Waals surface area contributed by atoms with E-state index in [0.29, 0.717) is 25.4 Å². The third-order valence-corrected chi connectivity index (χ3v) is 9.04. The standard InChI is InChI=1S/C24H31NO3.C11H23NO2/c1-25-14-12-24(13-15-25,21-8-3-2-4-9-21)22-19-20(10-11-23(22)27)7-5-17-28-18-6-16-26;1-12(9-11(13-2)14-3)10-7-5-4-6-8-10/h2-4,8-11,16,19,27H,5-7,12-15,17-18H2,1H3;10-11H,4-9H2,1-3H3. The van der Waals surface area contributed by atoms with Gasteiger partial charge in [-0.05, 0) is 82.9 Å². The number of ether oxygens (including phenoxy) is 3. The van der Waals surface area contributed by atoms with Crippen LogP contribution in [0.2, 0.25) is 0 Å². The number of rotatable bonds is 14. The van der Waals surface area contributed by atoms with E-state index in [1.165, 1.54) is 43.2 Å². The number of likely N-dealkylation sites (N-methyl/N-ethyl adjacent to an activating group) is 1. The number of methoxy groups -OCH3 is 2. The van der Waals surface area contributed by atoms with Gasteiger partial charge in [0, 0.05) is 50.8 Å². The predicted octanol–water partition coefficient (Wildman–Crippen LogP) is 5.81. The second-order valence-corrected chi connectivity index (χ2v) is 11.9. The fourth-order valence-corrected chi connectivity index (χ4v) is 6.36. The first-order chi connectivity index (χ1) is 20.4. The van der Waals surface area contributed by atoms with Crippen molar-refractivity contribution in [3.05, 3.63) is 65.2 Å². The number of hydrogen-bond acceptors (Lipinski definition) is 7. The average molecular weight is 583 g/mol. The van der Waals surface area contributed by atoms with Crippen molar-refractivity contribution in [2.45, 2.75) is 82.0 Å². The number of aryl methyl sites for hydroxylation is 1. The average Bonchev–Trinajstić information content (AvgIpc) is 3.04. The third-order valence-electron chi connectivity index (χ3n) is 9.04. The molecular weight excluding hydrogens is 528 g/mol. The first kappa shape index (κ1) is 34.2. The highest BCUT2D eigenvalue weighted by molar-refractivity contribution is 5.49. The molecule has 1 heterocycles. The van der Waals surface area contributed by atoms with Gasteiger partial charge >= 0.3 is 0 Å². The van der Waals surface area contributed by atoms with Gasteiger partial charge in [0.05, 0.1) is 6.61 Å². The molecule has 2 aliphatic rings. The molecule has 1 saturated carbocycles. The summed E-state index contributed by atoms with van der Waals surface area (Å²) in [5.41, 5.74) is 3.41. The van der Waals surface area contributed by atoms with E-state index in [9.17, 15) is 9.90 Å². The van der Waals surface area contributed by atoms with E-state index in [0.717, 1.165) is 63.2 Å². The van der Waals surface area contributed by atoms with Crippen LogP contribution < -0.4 is 0 Å². The highest BCUT2D eigenvalue weighted by atomic mass is 16.7. The van der Waals surface area contributed by atoms with E-state index in [1.807, 2.05) is 18.2 Å². The summed E-state index contributed by atoms with van der Waals surface area (Å²) in [5.74, 6) is 0.388. The number of likely N-dealkylation sites (tertiary alicyclic amines) is 1. The van der Waals surface area contributed by atoms with Crippen molar-refractivity contribution >= 4 is 6.29 Å². The topological polar surface area (TPSA) is 71.5 Å². The van der Waals surface area contributed by atoms with Crippen molar-refractivity contribution in [1.29, 1.82) is 0 Å². The van der Waals surface area contributed by atoms with Gasteiger partial charge in [-0.1, -0.05) is 61.7 Å². The number of phenols is 1. The molecule has 2 aromatic carbocycles. The minimum absolute atomic E-state index is 0.0815. The van der Waals surface area contributed by atoms with Crippen molar-refractivity contribution in [2.75, 3.05) is 61.2 Å². The number of piperidine rings is 1. The van der Waals surface area contributed by atoms with Gasteiger partial charge in [0.25, 0.3) is 0 Å². The van der Waals surface area contributed by atoms with Gasteiger partial charge in [0.15, 0.2) is 6.29 Å². The number of hydrogen-bond donors (Lipinski definition) is 1. The third kappa shape index (κ3) is 10.2. The molecule has 0 aromatic heterocycles. The fourth-order valence-electron chi connectivity index (χ4n) is 6.36. The van der Waals surface area contributed by atoms with E-state index in [-0.39, 0.29) is 11.7 Å². The fraction of sp³-hybridized carbons (Fsp3) is 0.629. The number of carbonyl (C=O) groups is 1. The molecule has 2 aromatic rings. The van der Waals surface area contributed by atoms with Crippen LogP contribution in [-0.4, -0.2) is 94.7 Å². The van der Waals surface area contributed by atoms with Crippen LogP contribution in [0.3, 0.4) is 0 Å². The molecule has 42 heavy (non-hydrogen) atoms. The van der Waals surface area contributed by atoms with Crippen LogP contribution in [0.15, 0.2) is 48.5 Å². The molecule has 1 saturated heterocycles. The molecule has 1 aliphatic heterocycles. The predicted molar refractivity (Wildman–Crippen MR) is 169 cm³/mol. The van der Waals surface area contributed by atoms with Gasteiger partial charge in [0.2, 0.25) is 0 Å². The van der Waals surface area contributed by atoms with Crippen LogP contribution in [0.25, 0.3) is 0 Å². The summed E-state index contributed by atoms with van der Waals surface area (Å²) in [6.07, 6.45) is 11.9. The lowest BCUT2D eigenvalue weighted by atomic mass is 9.67. The Morgan fingerprint density at radius 3 is 2.36 bits per heavy atom. The molecule has 4 rings (SSSR count). The first-order valence-corrected chi connectivity index (χ1v) is 15.8. The summed E-state index contributed by atoms with van der Waals surface area (Å²) < 4.78 is 15.9. The highest BCUT2D eigenvalue weighted by Gasteiger charge is 2.39. The Morgan fingerprint density at radius 1 is 1.02 bits per heavy atom. The van der Waals surface area contributed by atoms with Crippen molar-refractivity contribution < 1.29 is 24.1 Å². The summed E-state index contributed by atoms with van der Waals surface area (Å²) in [4.78, 5) is 15.1. The Labute approximate surface area is 254 Å². The molecule has 0 atom stereocenters. The molecule has 0 unspecified atom stereocenters. The number of benzene rings is 2. The van der Waals surface area contributed by atoms with Crippen LogP contribution in [-0.2, 0) is 30.8 Å². The summed E-state index contributed by atoms with van der Waals surface area (Å²) in [6.45, 7) is 4.05. The van der Waals surface area contributed by atoms with E-state index < -0.39 is 0 Å².